The van der Waals surface area contributed by atoms with Crippen LogP contribution in [0.5, 0.6) is 0 Å². The highest BCUT2D eigenvalue weighted by Gasteiger charge is 2.11. The van der Waals surface area contributed by atoms with Crippen LogP contribution in [0, 0.1) is 0 Å². The molecule has 3 heteroatoms. The van der Waals surface area contributed by atoms with E-state index in [9.17, 15) is 9.59 Å². The maximum atomic E-state index is 11.4. The second-order valence-corrected chi connectivity index (χ2v) is 4.71. The molecule has 0 aromatic rings. The second kappa shape index (κ2) is 8.67. The van der Waals surface area contributed by atoms with Crippen LogP contribution < -0.4 is 5.32 Å². The highest BCUT2D eigenvalue weighted by Crippen LogP contribution is 2.07. The summed E-state index contributed by atoms with van der Waals surface area (Å²) in [7, 11) is 0. The fourth-order valence-corrected chi connectivity index (χ4v) is 1.95. The van der Waals surface area contributed by atoms with Crippen LogP contribution in [0.25, 0.3) is 0 Å². The summed E-state index contributed by atoms with van der Waals surface area (Å²) in [5.41, 5.74) is 0.438. The first-order valence-electron chi connectivity index (χ1n) is 6.96. The standard InChI is InChI=1S/C15H23NO2/c1-2-3-4-5-6-7-8-11-16-14-12-13(17)9-10-15(14)18/h9-10,12,16H,2-8,11H2,1H3. The summed E-state index contributed by atoms with van der Waals surface area (Å²) in [5.74, 6) is -0.214. The molecule has 1 rings (SSSR count). The summed E-state index contributed by atoms with van der Waals surface area (Å²) < 4.78 is 0. The van der Waals surface area contributed by atoms with Crippen molar-refractivity contribution in [1.29, 1.82) is 0 Å². The summed E-state index contributed by atoms with van der Waals surface area (Å²) in [6.07, 6.45) is 12.7. The Morgan fingerprint density at radius 2 is 1.61 bits per heavy atom. The lowest BCUT2D eigenvalue weighted by molar-refractivity contribution is -0.114. The average molecular weight is 249 g/mol. The van der Waals surface area contributed by atoms with Gasteiger partial charge < -0.3 is 5.32 Å². The van der Waals surface area contributed by atoms with Gasteiger partial charge in [-0.3, -0.25) is 9.59 Å². The van der Waals surface area contributed by atoms with E-state index in [2.05, 4.69) is 12.2 Å². The third-order valence-electron chi connectivity index (χ3n) is 3.05. The van der Waals surface area contributed by atoms with Crippen molar-refractivity contribution in [3.8, 4) is 0 Å². The van der Waals surface area contributed by atoms with E-state index in [4.69, 9.17) is 0 Å². The Morgan fingerprint density at radius 1 is 0.944 bits per heavy atom. The summed E-state index contributed by atoms with van der Waals surface area (Å²) in [5, 5.41) is 3.04. The van der Waals surface area contributed by atoms with Gasteiger partial charge >= 0.3 is 0 Å². The number of nitrogens with one attached hydrogen (secondary N) is 1. The molecule has 0 atom stereocenters. The van der Waals surface area contributed by atoms with Crippen molar-refractivity contribution >= 4 is 11.6 Å². The fourth-order valence-electron chi connectivity index (χ4n) is 1.95. The van der Waals surface area contributed by atoms with Crippen LogP contribution >= 0.6 is 0 Å². The van der Waals surface area contributed by atoms with Crippen LogP contribution in [0.1, 0.15) is 51.9 Å². The van der Waals surface area contributed by atoms with Crippen molar-refractivity contribution in [1.82, 2.24) is 5.32 Å². The number of unbranched alkanes of at least 4 members (excludes halogenated alkanes) is 6. The van der Waals surface area contributed by atoms with Gasteiger partial charge in [0.2, 0.25) is 5.78 Å². The molecule has 0 fully saturated rings. The van der Waals surface area contributed by atoms with Gasteiger partial charge in [-0.25, -0.2) is 0 Å². The van der Waals surface area contributed by atoms with Crippen LogP contribution in [0.4, 0.5) is 0 Å². The molecule has 100 valence electrons. The molecule has 0 saturated heterocycles. The van der Waals surface area contributed by atoms with Gasteiger partial charge in [-0.15, -0.1) is 0 Å². The minimum atomic E-state index is -0.114. The van der Waals surface area contributed by atoms with Gasteiger partial charge in [-0.1, -0.05) is 45.4 Å². The lowest BCUT2D eigenvalue weighted by atomic mass is 10.1. The molecule has 0 aliphatic heterocycles. The van der Waals surface area contributed by atoms with Crippen molar-refractivity contribution < 1.29 is 9.59 Å². The van der Waals surface area contributed by atoms with E-state index < -0.39 is 0 Å². The fraction of sp³-hybridized carbons (Fsp3) is 0.600. The van der Waals surface area contributed by atoms with Crippen LogP contribution in [-0.4, -0.2) is 18.1 Å². The number of carbonyl (C=O) groups is 2. The number of hydrogen-bond acceptors (Lipinski definition) is 3. The predicted octanol–water partition coefficient (Wildman–Crippen LogP) is 2.92. The van der Waals surface area contributed by atoms with Crippen LogP contribution in [-0.2, 0) is 9.59 Å². The Balaban J connectivity index is 2.04. The largest absolute Gasteiger partial charge is 0.382 e. The molecule has 0 amide bonds. The molecule has 3 nitrogen and oxygen atoms in total. The van der Waals surface area contributed by atoms with E-state index in [1.807, 2.05) is 0 Å². The minimum absolute atomic E-state index is 0.0995. The third-order valence-corrected chi connectivity index (χ3v) is 3.05. The smallest absolute Gasteiger partial charge is 0.201 e. The van der Waals surface area contributed by atoms with Gasteiger partial charge in [0, 0.05) is 12.6 Å². The topological polar surface area (TPSA) is 46.2 Å². The molecule has 0 spiro atoms. The van der Waals surface area contributed by atoms with Gasteiger partial charge in [0.05, 0.1) is 5.70 Å². The Morgan fingerprint density at radius 3 is 2.33 bits per heavy atom. The predicted molar refractivity (Wildman–Crippen MR) is 73.2 cm³/mol. The maximum Gasteiger partial charge on any atom is 0.201 e. The Bertz CT molecular complexity index is 342. The second-order valence-electron chi connectivity index (χ2n) is 4.71. The minimum Gasteiger partial charge on any atom is -0.382 e. The van der Waals surface area contributed by atoms with Gasteiger partial charge in [0.25, 0.3) is 0 Å². The number of allylic oxidation sites excluding steroid dienone is 3. The molecule has 1 N–H and O–H groups in total. The van der Waals surface area contributed by atoms with Crippen LogP contribution in [0.2, 0.25) is 0 Å². The van der Waals surface area contributed by atoms with E-state index in [0.29, 0.717) is 5.70 Å². The number of carbonyl (C=O) groups excluding carboxylic acids is 2. The quantitative estimate of drug-likeness (QED) is 0.505. The van der Waals surface area contributed by atoms with Gasteiger partial charge in [0.15, 0.2) is 5.78 Å². The molecule has 0 aromatic carbocycles. The Kier molecular flexibility index (Phi) is 7.07. The molecular weight excluding hydrogens is 226 g/mol. The zero-order valence-corrected chi connectivity index (χ0v) is 11.2. The molecular formula is C15H23NO2. The maximum absolute atomic E-state index is 11.4. The molecule has 0 aromatic heterocycles. The molecule has 0 radical (unpaired) electrons. The summed E-state index contributed by atoms with van der Waals surface area (Å²) in [4.78, 5) is 22.5. The van der Waals surface area contributed by atoms with Crippen LogP contribution in [0.15, 0.2) is 23.9 Å². The molecule has 1 aliphatic carbocycles. The Labute approximate surface area is 109 Å². The zero-order chi connectivity index (χ0) is 13.2. The Hall–Kier alpha value is -1.38. The van der Waals surface area contributed by atoms with Crippen molar-refractivity contribution in [2.24, 2.45) is 0 Å². The van der Waals surface area contributed by atoms with Gasteiger partial charge in [0.1, 0.15) is 0 Å². The SMILES string of the molecule is CCCCCCCCCNC1=CC(=O)C=CC1=O. The first-order chi connectivity index (χ1) is 8.74. The van der Waals surface area contributed by atoms with Gasteiger partial charge in [-0.05, 0) is 18.6 Å². The van der Waals surface area contributed by atoms with E-state index in [0.717, 1.165) is 13.0 Å². The monoisotopic (exact) mass is 249 g/mol. The first kappa shape index (κ1) is 14.7. The van der Waals surface area contributed by atoms with Crippen molar-refractivity contribution in [3.05, 3.63) is 23.9 Å². The van der Waals surface area contributed by atoms with E-state index >= 15 is 0 Å². The normalized spacial score (nSPS) is 14.8. The van der Waals surface area contributed by atoms with Crippen molar-refractivity contribution in [3.63, 3.8) is 0 Å². The highest BCUT2D eigenvalue weighted by atomic mass is 16.1. The van der Waals surface area contributed by atoms with E-state index in [-0.39, 0.29) is 11.6 Å². The lowest BCUT2D eigenvalue weighted by Crippen LogP contribution is -2.23. The summed E-state index contributed by atoms with van der Waals surface area (Å²) >= 11 is 0. The molecule has 0 unspecified atom stereocenters. The zero-order valence-electron chi connectivity index (χ0n) is 11.2. The van der Waals surface area contributed by atoms with Crippen LogP contribution in [0.3, 0.4) is 0 Å². The molecule has 0 saturated carbocycles. The van der Waals surface area contributed by atoms with Gasteiger partial charge in [-0.2, -0.15) is 0 Å². The van der Waals surface area contributed by atoms with E-state index in [1.54, 1.807) is 0 Å². The lowest BCUT2D eigenvalue weighted by Gasteiger charge is -2.09. The highest BCUT2D eigenvalue weighted by molar-refractivity contribution is 6.16. The summed E-state index contributed by atoms with van der Waals surface area (Å²) in [6.45, 7) is 2.99. The molecule has 18 heavy (non-hydrogen) atoms. The van der Waals surface area contributed by atoms with Crippen molar-refractivity contribution in [2.75, 3.05) is 6.54 Å². The third kappa shape index (κ3) is 5.80. The first-order valence-corrected chi connectivity index (χ1v) is 6.96. The molecule has 1 aliphatic rings. The molecule has 0 heterocycles. The summed E-state index contributed by atoms with van der Waals surface area (Å²) in [6, 6.07) is 0. The average Bonchev–Trinajstić information content (AvgIpc) is 2.36. The molecule has 0 bridgehead atoms. The van der Waals surface area contributed by atoms with Crippen molar-refractivity contribution in [2.45, 2.75) is 51.9 Å². The number of ketones is 2. The number of hydrogen-bond donors (Lipinski definition) is 1. The number of rotatable bonds is 9. The van der Waals surface area contributed by atoms with E-state index in [1.165, 1.54) is 56.8 Å².